The number of aromatic nitrogens is 2. The van der Waals surface area contributed by atoms with Crippen LogP contribution < -0.4 is 5.32 Å². The van der Waals surface area contributed by atoms with Crippen molar-refractivity contribution in [2.45, 2.75) is 6.43 Å². The Morgan fingerprint density at radius 3 is 2.65 bits per heavy atom. The lowest BCUT2D eigenvalue weighted by molar-refractivity contribution is 0.152. The van der Waals surface area contributed by atoms with Crippen molar-refractivity contribution in [3.05, 3.63) is 36.2 Å². The zero-order valence-electron chi connectivity index (χ0n) is 9.61. The zero-order chi connectivity index (χ0) is 12.4. The Labute approximate surface area is 98.1 Å². The summed E-state index contributed by atoms with van der Waals surface area (Å²) in [4.78, 5) is 0. The van der Waals surface area contributed by atoms with Gasteiger partial charge in [-0.2, -0.15) is 5.10 Å². The van der Waals surface area contributed by atoms with Crippen LogP contribution in [-0.2, 0) is 7.05 Å². The maximum atomic E-state index is 13.0. The number of rotatable bonds is 3. The number of hydrogen-bond acceptors (Lipinski definition) is 2. The molecule has 0 aliphatic carbocycles. The Bertz CT molecular complexity index is 520. The molecular formula is C12H13F2N3. The highest BCUT2D eigenvalue weighted by molar-refractivity contribution is 5.69. The lowest BCUT2D eigenvalue weighted by Gasteiger charge is -2.09. The van der Waals surface area contributed by atoms with E-state index in [-0.39, 0.29) is 5.56 Å². The molecule has 0 unspecified atom stereocenters. The van der Waals surface area contributed by atoms with E-state index in [0.29, 0.717) is 16.8 Å². The smallest absolute Gasteiger partial charge is 0.264 e. The van der Waals surface area contributed by atoms with Crippen LogP contribution >= 0.6 is 0 Å². The molecule has 0 amide bonds. The molecule has 0 saturated carbocycles. The lowest BCUT2D eigenvalue weighted by Crippen LogP contribution is -1.94. The van der Waals surface area contributed by atoms with E-state index in [1.54, 1.807) is 43.3 Å². The summed E-state index contributed by atoms with van der Waals surface area (Å²) in [5.41, 5.74) is 1.91. The van der Waals surface area contributed by atoms with Gasteiger partial charge in [-0.05, 0) is 17.7 Å². The van der Waals surface area contributed by atoms with Crippen molar-refractivity contribution in [2.24, 2.45) is 7.05 Å². The summed E-state index contributed by atoms with van der Waals surface area (Å²) in [5, 5.41) is 6.84. The second-order valence-corrected chi connectivity index (χ2v) is 3.76. The molecule has 90 valence electrons. The van der Waals surface area contributed by atoms with Gasteiger partial charge in [0.25, 0.3) is 6.43 Å². The summed E-state index contributed by atoms with van der Waals surface area (Å²) in [6.45, 7) is 0. The molecule has 3 nitrogen and oxygen atoms in total. The number of anilines is 1. The maximum absolute atomic E-state index is 13.0. The van der Waals surface area contributed by atoms with Crippen LogP contribution in [0.25, 0.3) is 11.1 Å². The van der Waals surface area contributed by atoms with E-state index in [4.69, 9.17) is 0 Å². The van der Waals surface area contributed by atoms with Crippen LogP contribution in [0.4, 0.5) is 14.5 Å². The average Bonchev–Trinajstić information content (AvgIpc) is 2.75. The molecule has 1 N–H and O–H groups in total. The number of nitrogens with zero attached hydrogens (tertiary/aromatic N) is 2. The lowest BCUT2D eigenvalue weighted by atomic mass is 10.0. The van der Waals surface area contributed by atoms with Crippen LogP contribution in [0.2, 0.25) is 0 Å². The van der Waals surface area contributed by atoms with Gasteiger partial charge in [-0.25, -0.2) is 8.78 Å². The monoisotopic (exact) mass is 237 g/mol. The van der Waals surface area contributed by atoms with Gasteiger partial charge in [-0.15, -0.1) is 0 Å². The minimum atomic E-state index is -2.50. The van der Waals surface area contributed by atoms with E-state index in [0.717, 1.165) is 0 Å². The van der Waals surface area contributed by atoms with E-state index in [1.807, 2.05) is 0 Å². The third-order valence-corrected chi connectivity index (χ3v) is 2.59. The summed E-state index contributed by atoms with van der Waals surface area (Å²) < 4.78 is 27.6. The first-order valence-electron chi connectivity index (χ1n) is 5.20. The minimum absolute atomic E-state index is 0.0184. The van der Waals surface area contributed by atoms with E-state index < -0.39 is 6.43 Å². The van der Waals surface area contributed by atoms with Gasteiger partial charge < -0.3 is 5.32 Å². The summed E-state index contributed by atoms with van der Waals surface area (Å²) in [7, 11) is 3.46. The summed E-state index contributed by atoms with van der Waals surface area (Å²) in [6.07, 6.45) is 0.805. The van der Waals surface area contributed by atoms with E-state index in [9.17, 15) is 8.78 Å². The van der Waals surface area contributed by atoms with Gasteiger partial charge in [0.15, 0.2) is 0 Å². The van der Waals surface area contributed by atoms with E-state index in [2.05, 4.69) is 10.4 Å². The molecule has 5 heteroatoms. The molecule has 1 aromatic heterocycles. The van der Waals surface area contributed by atoms with E-state index >= 15 is 0 Å². The van der Waals surface area contributed by atoms with Crippen molar-refractivity contribution in [1.82, 2.24) is 9.78 Å². The number of alkyl halides is 2. The Hall–Kier alpha value is -1.91. The summed E-state index contributed by atoms with van der Waals surface area (Å²) in [6, 6.07) is 4.92. The molecule has 0 fully saturated rings. The van der Waals surface area contributed by atoms with Crippen LogP contribution in [0, 0.1) is 0 Å². The quantitative estimate of drug-likeness (QED) is 0.889. The highest BCUT2D eigenvalue weighted by Gasteiger charge is 2.15. The largest absolute Gasteiger partial charge is 0.388 e. The van der Waals surface area contributed by atoms with Crippen molar-refractivity contribution in [3.63, 3.8) is 0 Å². The average molecular weight is 237 g/mol. The third-order valence-electron chi connectivity index (χ3n) is 2.59. The van der Waals surface area contributed by atoms with Crippen LogP contribution in [0.3, 0.4) is 0 Å². The molecule has 0 saturated heterocycles. The van der Waals surface area contributed by atoms with Gasteiger partial charge in [-0.3, -0.25) is 4.68 Å². The third kappa shape index (κ3) is 2.27. The molecule has 1 aromatic carbocycles. The zero-order valence-corrected chi connectivity index (χ0v) is 9.61. The predicted octanol–water partition coefficient (Wildman–Crippen LogP) is 3.07. The van der Waals surface area contributed by atoms with Crippen LogP contribution in [-0.4, -0.2) is 16.8 Å². The molecule has 0 radical (unpaired) electrons. The summed E-state index contributed by atoms with van der Waals surface area (Å²) >= 11 is 0. The van der Waals surface area contributed by atoms with Gasteiger partial charge in [-0.1, -0.05) is 6.07 Å². The highest BCUT2D eigenvalue weighted by atomic mass is 19.3. The second-order valence-electron chi connectivity index (χ2n) is 3.76. The van der Waals surface area contributed by atoms with Crippen LogP contribution in [0.1, 0.15) is 12.0 Å². The van der Waals surface area contributed by atoms with Crippen molar-refractivity contribution in [2.75, 3.05) is 12.4 Å². The number of nitrogens with one attached hydrogen (secondary N) is 1. The predicted molar refractivity (Wildman–Crippen MR) is 63.1 cm³/mol. The van der Waals surface area contributed by atoms with Crippen molar-refractivity contribution < 1.29 is 8.78 Å². The first-order chi connectivity index (χ1) is 8.11. The molecule has 1 heterocycles. The number of halogens is 2. The van der Waals surface area contributed by atoms with Crippen molar-refractivity contribution >= 4 is 5.69 Å². The molecule has 0 spiro atoms. The van der Waals surface area contributed by atoms with Crippen LogP contribution in [0.15, 0.2) is 30.6 Å². The Morgan fingerprint density at radius 1 is 1.35 bits per heavy atom. The van der Waals surface area contributed by atoms with E-state index in [1.165, 1.54) is 6.07 Å². The first-order valence-corrected chi connectivity index (χ1v) is 5.20. The topological polar surface area (TPSA) is 29.9 Å². The fraction of sp³-hybridized carbons (Fsp3) is 0.250. The Morgan fingerprint density at radius 2 is 2.12 bits per heavy atom. The van der Waals surface area contributed by atoms with Gasteiger partial charge in [0.1, 0.15) is 0 Å². The molecule has 2 rings (SSSR count). The van der Waals surface area contributed by atoms with Crippen LogP contribution in [0.5, 0.6) is 0 Å². The molecule has 0 atom stereocenters. The molecule has 0 bridgehead atoms. The molecule has 17 heavy (non-hydrogen) atoms. The first kappa shape index (κ1) is 11.6. The van der Waals surface area contributed by atoms with Gasteiger partial charge in [0.2, 0.25) is 0 Å². The number of hydrogen-bond donors (Lipinski definition) is 1. The summed E-state index contributed by atoms with van der Waals surface area (Å²) in [5.74, 6) is 0. The number of benzene rings is 1. The SMILES string of the molecule is CNc1ccc(-c2cnn(C)c2)c(C(F)F)c1. The number of aryl methyl sites for hydroxylation is 1. The fourth-order valence-corrected chi connectivity index (χ4v) is 1.72. The fourth-order valence-electron chi connectivity index (χ4n) is 1.72. The van der Waals surface area contributed by atoms with Crippen molar-refractivity contribution in [3.8, 4) is 11.1 Å². The molecule has 2 aromatic rings. The molecule has 0 aliphatic heterocycles. The molecule has 0 aliphatic rings. The molecular weight excluding hydrogens is 224 g/mol. The van der Waals surface area contributed by atoms with Gasteiger partial charge in [0.05, 0.1) is 6.20 Å². The second kappa shape index (κ2) is 4.53. The van der Waals surface area contributed by atoms with Gasteiger partial charge in [0, 0.05) is 37.1 Å². The van der Waals surface area contributed by atoms with Gasteiger partial charge >= 0.3 is 0 Å². The Kier molecular flexibility index (Phi) is 3.08. The minimum Gasteiger partial charge on any atom is -0.388 e. The maximum Gasteiger partial charge on any atom is 0.264 e. The standard InChI is InChI=1S/C12H13F2N3/c1-15-9-3-4-10(11(5-9)12(13)14)8-6-16-17(2)7-8/h3-7,12,15H,1-2H3. The van der Waals surface area contributed by atoms with Crippen molar-refractivity contribution in [1.29, 1.82) is 0 Å². The Balaban J connectivity index is 2.53. The highest BCUT2D eigenvalue weighted by Crippen LogP contribution is 2.32. The normalized spacial score (nSPS) is 10.9.